The molecule has 30 heavy (non-hydrogen) atoms. The molecule has 12 nitrogen and oxygen atoms in total. The maximum absolute atomic E-state index is 11.9. The van der Waals surface area contributed by atoms with Gasteiger partial charge in [0, 0.05) is 11.5 Å². The number of carbonyl (C=O) groups excluding carboxylic acids is 2. The van der Waals surface area contributed by atoms with Crippen molar-refractivity contribution in [2.24, 2.45) is 0 Å². The van der Waals surface area contributed by atoms with E-state index in [1.54, 1.807) is 0 Å². The first-order chi connectivity index (χ1) is 14.5. The molecule has 164 valence electrons. The summed E-state index contributed by atoms with van der Waals surface area (Å²) >= 11 is 4.22. The molecule has 3 heterocycles. The second-order valence-corrected chi connectivity index (χ2v) is 9.81. The highest BCUT2D eigenvalue weighted by Crippen LogP contribution is 2.23. The fourth-order valence-corrected chi connectivity index (χ4v) is 5.59. The Labute approximate surface area is 185 Å². The van der Waals surface area contributed by atoms with Crippen LogP contribution in [0.5, 0.6) is 0 Å². The second-order valence-electron chi connectivity index (χ2n) is 5.24. The highest BCUT2D eigenvalue weighted by molar-refractivity contribution is 8.04. The molecule has 4 bridgehead atoms. The van der Waals surface area contributed by atoms with Gasteiger partial charge in [0.05, 0.1) is 26.4 Å². The molecule has 0 unspecified atom stereocenters. The van der Waals surface area contributed by atoms with Crippen LogP contribution in [0.2, 0.25) is 0 Å². The smallest absolute Gasteiger partial charge is 0.438 e. The molecule has 3 rings (SSSR count). The van der Waals surface area contributed by atoms with E-state index in [4.69, 9.17) is 18.9 Å². The molecule has 0 atom stereocenters. The molecule has 0 spiro atoms. The first-order valence-corrected chi connectivity index (χ1v) is 12.1. The zero-order valence-electron chi connectivity index (χ0n) is 15.3. The predicted molar refractivity (Wildman–Crippen MR) is 109 cm³/mol. The van der Waals surface area contributed by atoms with Crippen molar-refractivity contribution in [3.8, 4) is 0 Å². The van der Waals surface area contributed by atoms with Crippen LogP contribution in [0.15, 0.2) is 18.3 Å². The molecule has 2 aromatic rings. The third-order valence-corrected chi connectivity index (χ3v) is 7.36. The number of thioether (sulfide) groups is 2. The van der Waals surface area contributed by atoms with Crippen LogP contribution in [0.4, 0.5) is 9.59 Å². The van der Waals surface area contributed by atoms with E-state index in [1.165, 1.54) is 23.5 Å². The zero-order chi connectivity index (χ0) is 21.3. The van der Waals surface area contributed by atoms with Gasteiger partial charge in [0.15, 0.2) is 8.68 Å². The number of ether oxygens (including phenoxy) is 4. The Morgan fingerprint density at radius 3 is 1.47 bits per heavy atom. The summed E-state index contributed by atoms with van der Waals surface area (Å²) in [5.41, 5.74) is 0. The normalized spacial score (nSPS) is 18.0. The molecular formula is C14H16N4O8S4. The average Bonchev–Trinajstić information content (AvgIpc) is 3.28. The van der Waals surface area contributed by atoms with Crippen LogP contribution >= 0.6 is 46.2 Å². The zero-order valence-corrected chi connectivity index (χ0v) is 18.6. The van der Waals surface area contributed by atoms with E-state index in [-0.39, 0.29) is 39.6 Å². The van der Waals surface area contributed by atoms with Gasteiger partial charge in [-0.15, -0.1) is 19.6 Å². The molecule has 1 aliphatic rings. The summed E-state index contributed by atoms with van der Waals surface area (Å²) in [5, 5.41) is 7.91. The minimum absolute atomic E-state index is 0.0385. The van der Waals surface area contributed by atoms with Gasteiger partial charge >= 0.3 is 21.9 Å². The summed E-state index contributed by atoms with van der Waals surface area (Å²) in [6.45, 7) is 0.629. The molecule has 0 saturated heterocycles. The summed E-state index contributed by atoms with van der Waals surface area (Å²) in [4.78, 5) is 46.6. The Balaban J connectivity index is 1.63. The predicted octanol–water partition coefficient (Wildman–Crippen LogP) is 0.824. The van der Waals surface area contributed by atoms with Gasteiger partial charge in [-0.1, -0.05) is 23.5 Å². The number of fused-ring (bicyclic) bond motifs is 4. The van der Waals surface area contributed by atoms with Crippen molar-refractivity contribution in [1.29, 1.82) is 0 Å². The highest BCUT2D eigenvalue weighted by atomic mass is 32.2. The summed E-state index contributed by atoms with van der Waals surface area (Å²) < 4.78 is 22.6. The Morgan fingerprint density at radius 2 is 1.03 bits per heavy atom. The van der Waals surface area contributed by atoms with Crippen LogP contribution in [-0.2, 0) is 18.9 Å². The van der Waals surface area contributed by atoms with Gasteiger partial charge in [0.2, 0.25) is 0 Å². The highest BCUT2D eigenvalue weighted by Gasteiger charge is 2.17. The van der Waals surface area contributed by atoms with Crippen LogP contribution in [0, 0.1) is 0 Å². The number of hydrogen-bond donors (Lipinski definition) is 0. The first kappa shape index (κ1) is 23.0. The van der Waals surface area contributed by atoms with E-state index in [0.717, 1.165) is 22.7 Å². The number of carbonyl (C=O) groups is 2. The van der Waals surface area contributed by atoms with Gasteiger partial charge in [-0.3, -0.25) is 9.59 Å². The number of aromatic nitrogens is 4. The van der Waals surface area contributed by atoms with Gasteiger partial charge in [0.25, 0.3) is 0 Å². The van der Waals surface area contributed by atoms with Gasteiger partial charge in [0.1, 0.15) is 13.2 Å². The van der Waals surface area contributed by atoms with E-state index in [1.807, 2.05) is 0 Å². The number of hydrogen-bond acceptors (Lipinski definition) is 14. The number of nitrogens with zero attached hydrogens (tertiary/aromatic N) is 4. The van der Waals surface area contributed by atoms with Crippen molar-refractivity contribution in [3.63, 3.8) is 0 Å². The fourth-order valence-electron chi connectivity index (χ4n) is 1.95. The molecule has 0 aliphatic carbocycles. The van der Waals surface area contributed by atoms with Crippen LogP contribution in [0.25, 0.3) is 0 Å². The van der Waals surface area contributed by atoms with Crippen molar-refractivity contribution in [2.75, 3.05) is 51.1 Å². The minimum atomic E-state index is -0.864. The summed E-state index contributed by atoms with van der Waals surface area (Å²) in [6, 6.07) is 0. The Morgan fingerprint density at radius 1 is 0.633 bits per heavy atom. The SMILES string of the molecule is O=C1OCCOCCOCCOC(=O)n2nc(sc2=O)SCCSc2nn1c(=O)s2. The van der Waals surface area contributed by atoms with Gasteiger partial charge in [-0.05, 0) is 22.7 Å². The van der Waals surface area contributed by atoms with Gasteiger partial charge in [-0.25, -0.2) is 9.59 Å². The molecule has 0 N–H and O–H groups in total. The Kier molecular flexibility index (Phi) is 8.88. The summed E-state index contributed by atoms with van der Waals surface area (Å²) in [5.74, 6) is 1.08. The van der Waals surface area contributed by atoms with Crippen molar-refractivity contribution < 1.29 is 28.5 Å². The lowest BCUT2D eigenvalue weighted by molar-refractivity contribution is 0.0152. The minimum Gasteiger partial charge on any atom is -0.445 e. The number of rotatable bonds is 0. The quantitative estimate of drug-likeness (QED) is 0.510. The molecule has 16 heteroatoms. The molecule has 0 saturated carbocycles. The fraction of sp³-hybridized carbons (Fsp3) is 0.571. The number of cyclic esters (lactones) is 2. The maximum Gasteiger partial charge on any atom is 0.438 e. The largest absolute Gasteiger partial charge is 0.445 e. The monoisotopic (exact) mass is 496 g/mol. The lowest BCUT2D eigenvalue weighted by atomic mass is 10.7. The lowest BCUT2D eigenvalue weighted by Crippen LogP contribution is -2.26. The van der Waals surface area contributed by atoms with E-state index >= 15 is 0 Å². The summed E-state index contributed by atoms with van der Waals surface area (Å²) in [7, 11) is 0. The van der Waals surface area contributed by atoms with E-state index in [2.05, 4.69) is 10.2 Å². The van der Waals surface area contributed by atoms with Gasteiger partial charge in [-0.2, -0.15) is 0 Å². The van der Waals surface area contributed by atoms with E-state index in [0.29, 0.717) is 29.5 Å². The first-order valence-electron chi connectivity index (χ1n) is 8.50. The second kappa shape index (κ2) is 11.6. The van der Waals surface area contributed by atoms with E-state index in [9.17, 15) is 19.2 Å². The lowest BCUT2D eigenvalue weighted by Gasteiger charge is -2.07. The third-order valence-electron chi connectivity index (χ3n) is 3.22. The molecule has 1 aliphatic heterocycles. The molecule has 0 aromatic carbocycles. The van der Waals surface area contributed by atoms with Crippen LogP contribution in [-0.4, -0.2) is 82.9 Å². The topological polar surface area (TPSA) is 141 Å². The average molecular weight is 497 g/mol. The van der Waals surface area contributed by atoms with Crippen molar-refractivity contribution in [3.05, 3.63) is 19.3 Å². The van der Waals surface area contributed by atoms with Crippen LogP contribution in [0.3, 0.4) is 0 Å². The van der Waals surface area contributed by atoms with Crippen LogP contribution < -0.4 is 9.75 Å². The molecule has 0 amide bonds. The Hall–Kier alpha value is -1.72. The maximum atomic E-state index is 11.9. The standard InChI is InChI=1S/C14H16N4O8S4/c19-11-17-13(21)29-9(15-17)27-7-8-28-10-16-18(14(22)30-10)12(20)26-6-4-24-2-1-23-3-5-25-11/h1-8H2. The third kappa shape index (κ3) is 6.64. The summed E-state index contributed by atoms with van der Waals surface area (Å²) in [6.07, 6.45) is -1.73. The van der Waals surface area contributed by atoms with Crippen molar-refractivity contribution in [2.45, 2.75) is 8.68 Å². The van der Waals surface area contributed by atoms with Gasteiger partial charge < -0.3 is 18.9 Å². The molecule has 0 radical (unpaired) electrons. The van der Waals surface area contributed by atoms with Crippen molar-refractivity contribution >= 4 is 58.4 Å². The molecular weight excluding hydrogens is 480 g/mol. The Bertz CT molecular complexity index is 905. The molecule has 0 fully saturated rings. The van der Waals surface area contributed by atoms with Crippen LogP contribution in [0.1, 0.15) is 0 Å². The van der Waals surface area contributed by atoms with Crippen molar-refractivity contribution in [1.82, 2.24) is 19.6 Å². The molecule has 2 aromatic heterocycles. The van der Waals surface area contributed by atoms with E-state index < -0.39 is 21.9 Å².